The Hall–Kier alpha value is -3.06. The van der Waals surface area contributed by atoms with Crippen LogP contribution in [0.3, 0.4) is 0 Å². The third kappa shape index (κ3) is 3.80. The highest BCUT2D eigenvalue weighted by atomic mass is 16.3. The molecule has 0 bridgehead atoms. The highest BCUT2D eigenvalue weighted by Gasteiger charge is 2.25. The lowest BCUT2D eigenvalue weighted by molar-refractivity contribution is 0.0699. The molecule has 3 heterocycles. The smallest absolute Gasteiger partial charge is 0.273 e. The molecule has 1 N–H and O–H groups in total. The fourth-order valence-electron chi connectivity index (χ4n) is 3.56. The fourth-order valence-corrected chi connectivity index (χ4v) is 3.56. The summed E-state index contributed by atoms with van der Waals surface area (Å²) in [5.41, 5.74) is 3.82. The summed E-state index contributed by atoms with van der Waals surface area (Å²) in [6.07, 6.45) is -0.156. The number of benzene rings is 1. The van der Waals surface area contributed by atoms with Crippen LogP contribution in [-0.2, 0) is 19.5 Å². The summed E-state index contributed by atoms with van der Waals surface area (Å²) in [5.74, 6) is 0.490. The molecule has 1 aromatic carbocycles. The zero-order chi connectivity index (χ0) is 19.7. The van der Waals surface area contributed by atoms with Crippen molar-refractivity contribution in [2.45, 2.75) is 39.5 Å². The van der Waals surface area contributed by atoms with E-state index in [-0.39, 0.29) is 5.91 Å². The van der Waals surface area contributed by atoms with E-state index in [9.17, 15) is 9.90 Å². The molecule has 7 heteroatoms. The number of aryl methyl sites for hydroxylation is 2. The van der Waals surface area contributed by atoms with Crippen LogP contribution in [0.15, 0.2) is 42.5 Å². The number of hydrogen-bond acceptors (Lipinski definition) is 5. The van der Waals surface area contributed by atoms with Crippen molar-refractivity contribution in [1.29, 1.82) is 0 Å². The Kier molecular flexibility index (Phi) is 4.92. The minimum atomic E-state index is -0.670. The molecule has 144 valence electrons. The molecule has 0 radical (unpaired) electrons. The maximum atomic E-state index is 12.9. The number of amides is 1. The van der Waals surface area contributed by atoms with E-state index in [1.165, 1.54) is 0 Å². The summed E-state index contributed by atoms with van der Waals surface area (Å²) < 4.78 is 1.88. The topological polar surface area (TPSA) is 84.1 Å². The largest absolute Gasteiger partial charge is 0.386 e. The second-order valence-electron chi connectivity index (χ2n) is 7.16. The van der Waals surface area contributed by atoms with E-state index in [2.05, 4.69) is 15.1 Å². The van der Waals surface area contributed by atoms with Crippen molar-refractivity contribution in [3.05, 3.63) is 76.6 Å². The van der Waals surface area contributed by atoms with Crippen LogP contribution in [-0.4, -0.2) is 42.2 Å². The quantitative estimate of drug-likeness (QED) is 0.754. The van der Waals surface area contributed by atoms with Gasteiger partial charge in [0, 0.05) is 18.7 Å². The third-order valence-electron chi connectivity index (χ3n) is 4.90. The Morgan fingerprint density at radius 3 is 2.68 bits per heavy atom. The van der Waals surface area contributed by atoms with E-state index in [1.807, 2.05) is 48.0 Å². The van der Waals surface area contributed by atoms with E-state index >= 15 is 0 Å². The maximum absolute atomic E-state index is 12.9. The van der Waals surface area contributed by atoms with Gasteiger partial charge in [-0.2, -0.15) is 5.10 Å². The number of aliphatic hydroxyl groups excluding tert-OH is 1. The van der Waals surface area contributed by atoms with E-state index in [0.29, 0.717) is 43.3 Å². The number of aliphatic hydroxyl groups is 1. The molecule has 1 amide bonds. The molecule has 0 fully saturated rings. The predicted molar refractivity (Wildman–Crippen MR) is 104 cm³/mol. The first-order valence-electron chi connectivity index (χ1n) is 9.40. The highest BCUT2D eigenvalue weighted by Crippen LogP contribution is 2.22. The zero-order valence-electron chi connectivity index (χ0n) is 16.0. The summed E-state index contributed by atoms with van der Waals surface area (Å²) in [4.78, 5) is 23.1. The lowest BCUT2D eigenvalue weighted by Gasteiger charge is -2.27. The summed E-state index contributed by atoms with van der Waals surface area (Å²) in [7, 11) is 0. The van der Waals surface area contributed by atoms with Crippen LogP contribution >= 0.6 is 0 Å². The van der Waals surface area contributed by atoms with Crippen molar-refractivity contribution in [3.63, 3.8) is 0 Å². The number of carbonyl (C=O) groups is 1. The van der Waals surface area contributed by atoms with Gasteiger partial charge in [-0.1, -0.05) is 30.3 Å². The van der Waals surface area contributed by atoms with Crippen LogP contribution < -0.4 is 0 Å². The summed E-state index contributed by atoms with van der Waals surface area (Å²) in [6, 6.07) is 13.5. The average Bonchev–Trinajstić information content (AvgIpc) is 3.11. The molecule has 0 spiro atoms. The van der Waals surface area contributed by atoms with Crippen LogP contribution in [0.2, 0.25) is 0 Å². The van der Waals surface area contributed by atoms with E-state index in [0.717, 1.165) is 17.0 Å². The molecular formula is C21H23N5O2. The monoisotopic (exact) mass is 377 g/mol. The lowest BCUT2D eigenvalue weighted by Crippen LogP contribution is -2.38. The Balaban J connectivity index is 1.49. The van der Waals surface area contributed by atoms with Crippen LogP contribution in [0.1, 0.15) is 45.1 Å². The summed E-state index contributed by atoms with van der Waals surface area (Å²) in [6.45, 7) is 5.25. The van der Waals surface area contributed by atoms with Gasteiger partial charge in [-0.25, -0.2) is 9.97 Å². The van der Waals surface area contributed by atoms with Crippen molar-refractivity contribution >= 4 is 5.91 Å². The van der Waals surface area contributed by atoms with Gasteiger partial charge in [-0.15, -0.1) is 0 Å². The number of hydrogen-bond donors (Lipinski definition) is 1. The van der Waals surface area contributed by atoms with Gasteiger partial charge in [0.25, 0.3) is 5.91 Å². The van der Waals surface area contributed by atoms with E-state index in [4.69, 9.17) is 0 Å². The normalized spacial score (nSPS) is 14.6. The molecule has 1 aliphatic rings. The third-order valence-corrected chi connectivity index (χ3v) is 4.90. The summed E-state index contributed by atoms with van der Waals surface area (Å²) >= 11 is 0. The predicted octanol–water partition coefficient (Wildman–Crippen LogP) is 2.22. The van der Waals surface area contributed by atoms with Crippen LogP contribution in [0.4, 0.5) is 0 Å². The van der Waals surface area contributed by atoms with Crippen molar-refractivity contribution < 1.29 is 9.90 Å². The first-order valence-corrected chi connectivity index (χ1v) is 9.40. The molecule has 28 heavy (non-hydrogen) atoms. The SMILES string of the molecule is Cc1cc(C(=O)N2CCn3nc([C@H](O)Cc4ccccc4)cc3C2)nc(C)n1. The Morgan fingerprint density at radius 1 is 1.14 bits per heavy atom. The Morgan fingerprint density at radius 2 is 1.93 bits per heavy atom. The molecule has 1 atom stereocenters. The molecule has 7 nitrogen and oxygen atoms in total. The molecule has 4 rings (SSSR count). The van der Waals surface area contributed by atoms with Crippen molar-refractivity contribution in [1.82, 2.24) is 24.6 Å². The average molecular weight is 377 g/mol. The van der Waals surface area contributed by atoms with Crippen molar-refractivity contribution in [3.8, 4) is 0 Å². The fraction of sp³-hybridized carbons (Fsp3) is 0.333. The standard InChI is InChI=1S/C21H23N5O2/c1-14-10-19(23-15(2)22-14)21(28)25-8-9-26-17(13-25)12-18(24-26)20(27)11-16-6-4-3-5-7-16/h3-7,10,12,20,27H,8-9,11,13H2,1-2H3/t20-/m1/s1. The number of nitrogens with zero attached hydrogens (tertiary/aromatic N) is 5. The van der Waals surface area contributed by atoms with Gasteiger partial charge in [0.2, 0.25) is 0 Å². The lowest BCUT2D eigenvalue weighted by atomic mass is 10.1. The number of aromatic nitrogens is 4. The van der Waals surface area contributed by atoms with Crippen LogP contribution in [0, 0.1) is 13.8 Å². The number of fused-ring (bicyclic) bond motifs is 1. The van der Waals surface area contributed by atoms with Gasteiger partial charge < -0.3 is 10.0 Å². The molecule has 1 aliphatic heterocycles. The zero-order valence-corrected chi connectivity index (χ0v) is 16.0. The van der Waals surface area contributed by atoms with Crippen molar-refractivity contribution in [2.24, 2.45) is 0 Å². The van der Waals surface area contributed by atoms with Gasteiger partial charge in [0.1, 0.15) is 17.6 Å². The Bertz CT molecular complexity index is 979. The van der Waals surface area contributed by atoms with E-state index < -0.39 is 6.10 Å². The molecule has 0 aliphatic carbocycles. The second kappa shape index (κ2) is 7.52. The molecule has 2 aromatic heterocycles. The van der Waals surface area contributed by atoms with Gasteiger partial charge in [0.05, 0.1) is 24.5 Å². The van der Waals surface area contributed by atoms with Gasteiger partial charge in [-0.3, -0.25) is 9.48 Å². The number of carbonyl (C=O) groups excluding carboxylic acids is 1. The van der Waals surface area contributed by atoms with Crippen LogP contribution in [0.25, 0.3) is 0 Å². The first kappa shape index (κ1) is 18.3. The van der Waals surface area contributed by atoms with Crippen LogP contribution in [0.5, 0.6) is 0 Å². The molecule has 0 saturated heterocycles. The highest BCUT2D eigenvalue weighted by molar-refractivity contribution is 5.92. The minimum Gasteiger partial charge on any atom is -0.386 e. The van der Waals surface area contributed by atoms with E-state index in [1.54, 1.807) is 17.9 Å². The number of rotatable bonds is 4. The molecular weight excluding hydrogens is 354 g/mol. The molecule has 0 saturated carbocycles. The molecule has 3 aromatic rings. The van der Waals surface area contributed by atoms with Gasteiger partial charge in [-0.05, 0) is 31.5 Å². The van der Waals surface area contributed by atoms with Gasteiger partial charge >= 0.3 is 0 Å². The van der Waals surface area contributed by atoms with Gasteiger partial charge in [0.15, 0.2) is 0 Å². The second-order valence-corrected chi connectivity index (χ2v) is 7.16. The first-order chi connectivity index (χ1) is 13.5. The summed E-state index contributed by atoms with van der Waals surface area (Å²) in [5, 5.41) is 15.1. The Labute approximate surface area is 163 Å². The maximum Gasteiger partial charge on any atom is 0.273 e. The minimum absolute atomic E-state index is 0.104. The van der Waals surface area contributed by atoms with Crippen molar-refractivity contribution in [2.75, 3.05) is 6.54 Å². The molecule has 0 unspecified atom stereocenters.